The maximum Gasteiger partial charge on any atom is 0.222 e. The highest BCUT2D eigenvalue weighted by Gasteiger charge is 2.19. The third-order valence-corrected chi connectivity index (χ3v) is 3.98. The van der Waals surface area contributed by atoms with E-state index in [0.717, 1.165) is 32.4 Å². The van der Waals surface area contributed by atoms with Crippen LogP contribution in [0.15, 0.2) is 24.3 Å². The minimum atomic E-state index is 0.339. The summed E-state index contributed by atoms with van der Waals surface area (Å²) >= 11 is 0. The van der Waals surface area contributed by atoms with E-state index in [1.165, 1.54) is 36.8 Å². The van der Waals surface area contributed by atoms with Crippen molar-refractivity contribution in [3.63, 3.8) is 0 Å². The van der Waals surface area contributed by atoms with E-state index < -0.39 is 0 Å². The molecule has 104 valence electrons. The number of nitrogens with zero attached hydrogens (tertiary/aromatic N) is 1. The van der Waals surface area contributed by atoms with E-state index in [9.17, 15) is 4.79 Å². The zero-order valence-electron chi connectivity index (χ0n) is 12.0. The van der Waals surface area contributed by atoms with Crippen LogP contribution in [0.2, 0.25) is 0 Å². The highest BCUT2D eigenvalue weighted by atomic mass is 16.2. The Kier molecular flexibility index (Phi) is 5.44. The molecule has 0 saturated carbocycles. The second-order valence-electron chi connectivity index (χ2n) is 5.50. The van der Waals surface area contributed by atoms with Gasteiger partial charge in [0.05, 0.1) is 0 Å². The first-order valence-corrected chi connectivity index (χ1v) is 7.66. The lowest BCUT2D eigenvalue weighted by Gasteiger charge is -2.29. The van der Waals surface area contributed by atoms with E-state index >= 15 is 0 Å². The summed E-state index contributed by atoms with van der Waals surface area (Å²) in [4.78, 5) is 14.2. The Balaban J connectivity index is 1.76. The van der Waals surface area contributed by atoms with Crippen LogP contribution >= 0.6 is 0 Å². The summed E-state index contributed by atoms with van der Waals surface area (Å²) in [5.41, 5.74) is 2.74. The van der Waals surface area contributed by atoms with E-state index in [4.69, 9.17) is 0 Å². The summed E-state index contributed by atoms with van der Waals surface area (Å²) in [5.74, 6) is 0.339. The molecule has 0 unspecified atom stereocenters. The SMILES string of the molecule is CCCCCCCC(=O)N1CCc2ccccc2C1. The van der Waals surface area contributed by atoms with E-state index in [1.807, 2.05) is 4.90 Å². The van der Waals surface area contributed by atoms with E-state index in [0.29, 0.717) is 5.91 Å². The molecule has 2 nitrogen and oxygen atoms in total. The Bertz CT molecular complexity index is 413. The van der Waals surface area contributed by atoms with Crippen LogP contribution in [0.25, 0.3) is 0 Å². The van der Waals surface area contributed by atoms with Crippen LogP contribution in [-0.4, -0.2) is 17.4 Å². The molecule has 1 aromatic carbocycles. The predicted octanol–water partition coefficient (Wildman–Crippen LogP) is 3.93. The highest BCUT2D eigenvalue weighted by molar-refractivity contribution is 5.76. The minimum Gasteiger partial charge on any atom is -0.338 e. The normalized spacial score (nSPS) is 14.3. The molecule has 0 spiro atoms. The maximum absolute atomic E-state index is 12.2. The van der Waals surface area contributed by atoms with Crippen molar-refractivity contribution in [3.05, 3.63) is 35.4 Å². The molecular weight excluding hydrogens is 234 g/mol. The van der Waals surface area contributed by atoms with E-state index in [2.05, 4.69) is 31.2 Å². The number of benzene rings is 1. The lowest BCUT2D eigenvalue weighted by Crippen LogP contribution is -2.35. The van der Waals surface area contributed by atoms with Crippen molar-refractivity contribution in [2.24, 2.45) is 0 Å². The Morgan fingerprint density at radius 1 is 1.11 bits per heavy atom. The van der Waals surface area contributed by atoms with Crippen LogP contribution in [0.5, 0.6) is 0 Å². The zero-order chi connectivity index (χ0) is 13.5. The molecule has 0 bridgehead atoms. The maximum atomic E-state index is 12.2. The molecule has 1 amide bonds. The highest BCUT2D eigenvalue weighted by Crippen LogP contribution is 2.19. The number of rotatable bonds is 6. The average molecular weight is 259 g/mol. The first-order valence-electron chi connectivity index (χ1n) is 7.66. The van der Waals surface area contributed by atoms with Gasteiger partial charge >= 0.3 is 0 Å². The van der Waals surface area contributed by atoms with Crippen molar-refractivity contribution < 1.29 is 4.79 Å². The summed E-state index contributed by atoms with van der Waals surface area (Å²) in [5, 5.41) is 0. The summed E-state index contributed by atoms with van der Waals surface area (Å²) < 4.78 is 0. The van der Waals surface area contributed by atoms with Gasteiger partial charge in [-0.25, -0.2) is 0 Å². The smallest absolute Gasteiger partial charge is 0.222 e. The van der Waals surface area contributed by atoms with Crippen molar-refractivity contribution in [2.45, 2.75) is 58.4 Å². The van der Waals surface area contributed by atoms with Crippen LogP contribution in [-0.2, 0) is 17.8 Å². The minimum absolute atomic E-state index is 0.339. The molecule has 0 atom stereocenters. The second-order valence-corrected chi connectivity index (χ2v) is 5.50. The van der Waals surface area contributed by atoms with Crippen molar-refractivity contribution in [1.82, 2.24) is 4.90 Å². The molecule has 0 saturated heterocycles. The lowest BCUT2D eigenvalue weighted by atomic mass is 9.99. The van der Waals surface area contributed by atoms with Crippen molar-refractivity contribution in [3.8, 4) is 0 Å². The largest absolute Gasteiger partial charge is 0.338 e. The third kappa shape index (κ3) is 4.09. The van der Waals surface area contributed by atoms with Gasteiger partial charge in [0.1, 0.15) is 0 Å². The molecule has 19 heavy (non-hydrogen) atoms. The van der Waals surface area contributed by atoms with Gasteiger partial charge in [0.25, 0.3) is 0 Å². The molecule has 1 aliphatic heterocycles. The Morgan fingerprint density at radius 3 is 2.63 bits per heavy atom. The number of fused-ring (bicyclic) bond motifs is 1. The van der Waals surface area contributed by atoms with Gasteiger partial charge < -0.3 is 4.90 Å². The van der Waals surface area contributed by atoms with Gasteiger partial charge in [0.2, 0.25) is 5.91 Å². The standard InChI is InChI=1S/C17H25NO/c1-2-3-4-5-6-11-17(19)18-13-12-15-9-7-8-10-16(15)14-18/h7-10H,2-6,11-14H2,1H3. The molecule has 0 fully saturated rings. The molecular formula is C17H25NO. The molecule has 0 N–H and O–H groups in total. The fourth-order valence-corrected chi connectivity index (χ4v) is 2.75. The molecule has 2 rings (SSSR count). The first kappa shape index (κ1) is 14.1. The number of unbranched alkanes of at least 4 members (excludes halogenated alkanes) is 4. The van der Waals surface area contributed by atoms with Crippen LogP contribution in [0.3, 0.4) is 0 Å². The van der Waals surface area contributed by atoms with Crippen LogP contribution in [0.4, 0.5) is 0 Å². The quantitative estimate of drug-likeness (QED) is 0.709. The van der Waals surface area contributed by atoms with Gasteiger partial charge in [-0.3, -0.25) is 4.79 Å². The number of amides is 1. The van der Waals surface area contributed by atoms with Gasteiger partial charge in [-0.15, -0.1) is 0 Å². The number of carbonyl (C=O) groups excluding carboxylic acids is 1. The van der Waals surface area contributed by atoms with E-state index in [-0.39, 0.29) is 0 Å². The lowest BCUT2D eigenvalue weighted by molar-refractivity contribution is -0.132. The summed E-state index contributed by atoms with van der Waals surface area (Å²) in [6.07, 6.45) is 7.82. The summed E-state index contributed by atoms with van der Waals surface area (Å²) in [6, 6.07) is 8.49. The zero-order valence-corrected chi connectivity index (χ0v) is 12.0. The molecule has 2 heteroatoms. The Hall–Kier alpha value is -1.31. The summed E-state index contributed by atoms with van der Waals surface area (Å²) in [7, 11) is 0. The monoisotopic (exact) mass is 259 g/mol. The Morgan fingerprint density at radius 2 is 1.84 bits per heavy atom. The second kappa shape index (κ2) is 7.32. The van der Waals surface area contributed by atoms with Gasteiger partial charge in [-0.05, 0) is 24.0 Å². The number of carbonyl (C=O) groups is 1. The van der Waals surface area contributed by atoms with Crippen molar-refractivity contribution in [2.75, 3.05) is 6.54 Å². The first-order chi connectivity index (χ1) is 9.31. The van der Waals surface area contributed by atoms with Crippen LogP contribution in [0.1, 0.15) is 56.6 Å². The van der Waals surface area contributed by atoms with Gasteiger partial charge in [-0.2, -0.15) is 0 Å². The molecule has 1 aliphatic rings. The average Bonchev–Trinajstić information content (AvgIpc) is 2.46. The molecule has 0 aliphatic carbocycles. The van der Waals surface area contributed by atoms with E-state index in [1.54, 1.807) is 0 Å². The van der Waals surface area contributed by atoms with Gasteiger partial charge in [-0.1, -0.05) is 56.9 Å². The molecule has 0 radical (unpaired) electrons. The molecule has 0 aromatic heterocycles. The topological polar surface area (TPSA) is 20.3 Å². The predicted molar refractivity (Wildman–Crippen MR) is 78.9 cm³/mol. The van der Waals surface area contributed by atoms with Crippen molar-refractivity contribution >= 4 is 5.91 Å². The fourth-order valence-electron chi connectivity index (χ4n) is 2.75. The molecule has 1 heterocycles. The fraction of sp³-hybridized carbons (Fsp3) is 0.588. The Labute approximate surface area is 116 Å². The third-order valence-electron chi connectivity index (χ3n) is 3.98. The molecule has 1 aromatic rings. The van der Waals surface area contributed by atoms with Gasteiger partial charge in [0.15, 0.2) is 0 Å². The number of hydrogen-bond donors (Lipinski definition) is 0. The number of hydrogen-bond acceptors (Lipinski definition) is 1. The van der Waals surface area contributed by atoms with Crippen LogP contribution in [0, 0.1) is 0 Å². The van der Waals surface area contributed by atoms with Crippen molar-refractivity contribution in [1.29, 1.82) is 0 Å². The van der Waals surface area contributed by atoms with Crippen LogP contribution < -0.4 is 0 Å². The van der Waals surface area contributed by atoms with Gasteiger partial charge in [0, 0.05) is 19.5 Å². The summed E-state index contributed by atoms with van der Waals surface area (Å²) in [6.45, 7) is 3.92.